The largest absolute Gasteiger partial charge is 0.497 e. The lowest BCUT2D eigenvalue weighted by Crippen LogP contribution is -2.54. The van der Waals surface area contributed by atoms with Crippen LogP contribution in [0.4, 0.5) is 9.59 Å². The molecule has 13 nitrogen and oxygen atoms in total. The van der Waals surface area contributed by atoms with E-state index in [1.807, 2.05) is 4.90 Å². The van der Waals surface area contributed by atoms with Gasteiger partial charge >= 0.3 is 18.1 Å². The first kappa shape index (κ1) is 32.3. The molecule has 5 rings (SSSR count). The molecule has 3 aliphatic rings. The number of carbonyl (C=O) groups excluding carboxylic acids is 4. The summed E-state index contributed by atoms with van der Waals surface area (Å²) in [6.07, 6.45) is 0.161. The Bertz CT molecular complexity index is 1620. The molecule has 0 aromatic heterocycles. The molecule has 2 atom stereocenters. The van der Waals surface area contributed by atoms with Crippen LogP contribution in [0.15, 0.2) is 42.5 Å². The van der Waals surface area contributed by atoms with Crippen LogP contribution >= 0.6 is 0 Å². The number of benzene rings is 2. The van der Waals surface area contributed by atoms with E-state index in [1.54, 1.807) is 68.1 Å². The number of imide groups is 1. The van der Waals surface area contributed by atoms with Crippen molar-refractivity contribution in [2.24, 2.45) is 0 Å². The standard InChI is InChI=1S/C33H37N5O8/c1-32(2,3)46-31(44)37-15-5-14-36(16-17-37)26(28(40)41)22-8-6-21(7-9-22)12-13-33(29(42)34-30(43)35-33)20-38-19-23-10-11-24(45-4)18-25(23)27(38)39/h6-11,18,26H,5,14-17,19-20H2,1-4H3,(H,40,41)(H2,34,35,42,43)/t26?,33-/m1/s1. The average molecular weight is 632 g/mol. The molecule has 2 fully saturated rings. The van der Waals surface area contributed by atoms with E-state index in [9.17, 15) is 29.1 Å². The van der Waals surface area contributed by atoms with Crippen molar-refractivity contribution in [2.75, 3.05) is 39.8 Å². The number of amides is 5. The second kappa shape index (κ2) is 12.7. The summed E-state index contributed by atoms with van der Waals surface area (Å²) in [6, 6.07) is 10.1. The highest BCUT2D eigenvalue weighted by Gasteiger charge is 2.48. The second-order valence-corrected chi connectivity index (χ2v) is 12.5. The van der Waals surface area contributed by atoms with Gasteiger partial charge in [0.15, 0.2) is 0 Å². The zero-order valence-corrected chi connectivity index (χ0v) is 26.2. The van der Waals surface area contributed by atoms with E-state index >= 15 is 0 Å². The number of nitrogens with one attached hydrogen (secondary N) is 2. The van der Waals surface area contributed by atoms with E-state index in [2.05, 4.69) is 22.5 Å². The molecule has 2 saturated heterocycles. The van der Waals surface area contributed by atoms with Gasteiger partial charge in [-0.1, -0.05) is 30.0 Å². The van der Waals surface area contributed by atoms with Crippen molar-refractivity contribution in [3.8, 4) is 17.6 Å². The molecule has 0 spiro atoms. The van der Waals surface area contributed by atoms with Gasteiger partial charge in [-0.15, -0.1) is 0 Å². The number of hydrogen-bond acceptors (Lipinski definition) is 8. The monoisotopic (exact) mass is 631 g/mol. The quantitative estimate of drug-likeness (QED) is 0.322. The maximum atomic E-state index is 13.2. The number of carbonyl (C=O) groups is 5. The first-order valence-corrected chi connectivity index (χ1v) is 15.0. The van der Waals surface area contributed by atoms with Crippen LogP contribution in [0.1, 0.15) is 60.3 Å². The van der Waals surface area contributed by atoms with Gasteiger partial charge in [-0.25, -0.2) is 9.59 Å². The number of rotatable bonds is 6. The van der Waals surface area contributed by atoms with Crippen molar-refractivity contribution in [2.45, 2.75) is 50.9 Å². The predicted octanol–water partition coefficient (Wildman–Crippen LogP) is 2.35. The third-order valence-electron chi connectivity index (χ3n) is 7.99. The van der Waals surface area contributed by atoms with E-state index in [0.717, 1.165) is 5.56 Å². The van der Waals surface area contributed by atoms with E-state index < -0.39 is 41.2 Å². The van der Waals surface area contributed by atoms with Crippen LogP contribution in [0, 0.1) is 11.8 Å². The van der Waals surface area contributed by atoms with Crippen LogP contribution in [0.25, 0.3) is 0 Å². The fourth-order valence-corrected chi connectivity index (χ4v) is 5.75. The van der Waals surface area contributed by atoms with Crippen LogP contribution in [0.2, 0.25) is 0 Å². The molecule has 13 heteroatoms. The smallest absolute Gasteiger partial charge is 0.410 e. The van der Waals surface area contributed by atoms with Crippen molar-refractivity contribution < 1.29 is 38.6 Å². The molecule has 2 aromatic carbocycles. The fourth-order valence-electron chi connectivity index (χ4n) is 5.75. The highest BCUT2D eigenvalue weighted by molar-refractivity contribution is 6.10. The number of ether oxygens (including phenoxy) is 2. The van der Waals surface area contributed by atoms with Crippen molar-refractivity contribution in [1.29, 1.82) is 0 Å². The Morgan fingerprint density at radius 2 is 1.78 bits per heavy atom. The number of aliphatic carboxylic acids is 1. The van der Waals surface area contributed by atoms with Gasteiger partial charge in [0, 0.05) is 43.9 Å². The van der Waals surface area contributed by atoms with E-state index in [-0.39, 0.29) is 19.0 Å². The van der Waals surface area contributed by atoms with Gasteiger partial charge in [-0.3, -0.25) is 24.6 Å². The number of carboxylic acids is 1. The molecule has 3 heterocycles. The van der Waals surface area contributed by atoms with Gasteiger partial charge in [0.2, 0.25) is 5.54 Å². The van der Waals surface area contributed by atoms with Crippen LogP contribution in [-0.2, 0) is 20.9 Å². The van der Waals surface area contributed by atoms with E-state index in [4.69, 9.17) is 9.47 Å². The molecule has 2 aromatic rings. The van der Waals surface area contributed by atoms with Gasteiger partial charge in [-0.2, -0.15) is 0 Å². The third-order valence-corrected chi connectivity index (χ3v) is 7.99. The first-order chi connectivity index (χ1) is 21.8. The minimum atomic E-state index is -1.69. The lowest BCUT2D eigenvalue weighted by Gasteiger charge is -2.28. The summed E-state index contributed by atoms with van der Waals surface area (Å²) < 4.78 is 10.7. The first-order valence-electron chi connectivity index (χ1n) is 15.0. The maximum Gasteiger partial charge on any atom is 0.410 e. The minimum Gasteiger partial charge on any atom is -0.497 e. The minimum absolute atomic E-state index is 0.179. The van der Waals surface area contributed by atoms with Crippen molar-refractivity contribution in [1.82, 2.24) is 25.3 Å². The number of urea groups is 1. The van der Waals surface area contributed by atoms with Gasteiger partial charge < -0.3 is 29.7 Å². The van der Waals surface area contributed by atoms with Gasteiger partial charge in [-0.05, 0) is 62.6 Å². The molecular weight excluding hydrogens is 594 g/mol. The summed E-state index contributed by atoms with van der Waals surface area (Å²) in [5.74, 6) is 4.32. The SMILES string of the molecule is COc1ccc2c(c1)C(=O)N(C[C@@]1(C#Cc3ccc(C(C(=O)O)N4CCCN(C(=O)OC(C)(C)C)CC4)cc3)NC(=O)NC1=O)C2. The molecule has 3 aliphatic heterocycles. The molecule has 242 valence electrons. The molecule has 0 aliphatic carbocycles. The zero-order chi connectivity index (χ0) is 33.2. The van der Waals surface area contributed by atoms with E-state index in [0.29, 0.717) is 55.0 Å². The van der Waals surface area contributed by atoms with Crippen molar-refractivity contribution >= 4 is 29.9 Å². The number of carboxylic acid groups (broad SMARTS) is 1. The van der Waals surface area contributed by atoms with Crippen LogP contribution in [-0.4, -0.2) is 101 Å². The average Bonchev–Trinajstić information content (AvgIpc) is 3.31. The fraction of sp³-hybridized carbons (Fsp3) is 0.424. The summed E-state index contributed by atoms with van der Waals surface area (Å²) in [4.78, 5) is 68.2. The summed E-state index contributed by atoms with van der Waals surface area (Å²) in [6.45, 7) is 7.07. The molecule has 3 N–H and O–H groups in total. The van der Waals surface area contributed by atoms with Gasteiger partial charge in [0.25, 0.3) is 11.8 Å². The Hall–Kier alpha value is -5.09. The number of hydrogen-bond donors (Lipinski definition) is 3. The molecule has 0 radical (unpaired) electrons. The summed E-state index contributed by atoms with van der Waals surface area (Å²) >= 11 is 0. The topological polar surface area (TPSA) is 158 Å². The summed E-state index contributed by atoms with van der Waals surface area (Å²) in [5, 5.41) is 15.0. The second-order valence-electron chi connectivity index (χ2n) is 12.5. The normalized spacial score (nSPS) is 20.6. The van der Waals surface area contributed by atoms with Crippen LogP contribution < -0.4 is 15.4 Å². The zero-order valence-electron chi connectivity index (χ0n) is 26.2. The maximum absolute atomic E-state index is 13.2. The number of nitrogens with zero attached hydrogens (tertiary/aromatic N) is 3. The molecular formula is C33H37N5O8. The van der Waals surface area contributed by atoms with Crippen LogP contribution in [0.3, 0.4) is 0 Å². The van der Waals surface area contributed by atoms with Gasteiger partial charge in [0.1, 0.15) is 17.4 Å². The molecule has 46 heavy (non-hydrogen) atoms. The van der Waals surface area contributed by atoms with Crippen LogP contribution in [0.5, 0.6) is 5.75 Å². The Balaban J connectivity index is 1.31. The molecule has 0 saturated carbocycles. The lowest BCUT2D eigenvalue weighted by molar-refractivity contribution is -0.143. The lowest BCUT2D eigenvalue weighted by atomic mass is 9.98. The Kier molecular flexibility index (Phi) is 8.94. The summed E-state index contributed by atoms with van der Waals surface area (Å²) in [5.41, 5.74) is -0.0826. The Morgan fingerprint density at radius 1 is 1.04 bits per heavy atom. The van der Waals surface area contributed by atoms with Crippen molar-refractivity contribution in [3.05, 3.63) is 64.7 Å². The molecule has 1 unspecified atom stereocenters. The highest BCUT2D eigenvalue weighted by atomic mass is 16.6. The van der Waals surface area contributed by atoms with E-state index in [1.165, 1.54) is 12.0 Å². The number of methoxy groups -OCH3 is 1. The Labute approximate surface area is 266 Å². The number of fused-ring (bicyclic) bond motifs is 1. The van der Waals surface area contributed by atoms with Crippen molar-refractivity contribution in [3.63, 3.8) is 0 Å². The van der Waals surface area contributed by atoms with Gasteiger partial charge in [0.05, 0.1) is 13.7 Å². The third kappa shape index (κ3) is 6.92. The summed E-state index contributed by atoms with van der Waals surface area (Å²) in [7, 11) is 1.51. The highest BCUT2D eigenvalue weighted by Crippen LogP contribution is 2.29. The molecule has 0 bridgehead atoms. The molecule has 5 amide bonds. The Morgan fingerprint density at radius 3 is 2.41 bits per heavy atom. The predicted molar refractivity (Wildman–Crippen MR) is 165 cm³/mol.